The SMILES string of the molecule is CCC(=O)N(C)Cc1ccc(C(=O)Nc2nc3c(OC)ccc(C4COCCOC4)c3s2)cc1.[Na]. The number of nitrogens with zero attached hydrogens (tertiary/aromatic N) is 2. The fourth-order valence-electron chi connectivity index (χ4n) is 3.90. The molecule has 1 saturated heterocycles. The normalized spacial score (nSPS) is 14.1. The zero-order valence-electron chi connectivity index (χ0n) is 20.6. The largest absolute Gasteiger partial charge is 0.494 e. The van der Waals surface area contributed by atoms with E-state index in [-0.39, 0.29) is 47.3 Å². The molecule has 3 aromatic rings. The summed E-state index contributed by atoms with van der Waals surface area (Å²) in [7, 11) is 3.38. The molecule has 2 heterocycles. The van der Waals surface area contributed by atoms with Gasteiger partial charge < -0.3 is 19.1 Å². The molecular formula is C25H29N3NaO5S. The van der Waals surface area contributed by atoms with Gasteiger partial charge in [0.2, 0.25) is 5.91 Å². The molecule has 0 unspecified atom stereocenters. The summed E-state index contributed by atoms with van der Waals surface area (Å²) in [5, 5.41) is 3.41. The van der Waals surface area contributed by atoms with Crippen LogP contribution in [0, 0.1) is 0 Å². The third kappa shape index (κ3) is 6.61. The summed E-state index contributed by atoms with van der Waals surface area (Å²) in [4.78, 5) is 31.0. The first-order valence-electron chi connectivity index (χ1n) is 11.3. The molecule has 0 atom stereocenters. The molecule has 1 aliphatic heterocycles. The number of fused-ring (bicyclic) bond motifs is 1. The second-order valence-electron chi connectivity index (χ2n) is 8.15. The number of hydrogen-bond acceptors (Lipinski definition) is 7. The molecule has 1 fully saturated rings. The maximum absolute atomic E-state index is 12.9. The minimum absolute atomic E-state index is 0. The Morgan fingerprint density at radius 3 is 2.46 bits per heavy atom. The number of rotatable bonds is 7. The van der Waals surface area contributed by atoms with Gasteiger partial charge in [-0.15, -0.1) is 0 Å². The molecule has 0 spiro atoms. The van der Waals surface area contributed by atoms with E-state index >= 15 is 0 Å². The zero-order chi connectivity index (χ0) is 24.1. The van der Waals surface area contributed by atoms with E-state index < -0.39 is 0 Å². The van der Waals surface area contributed by atoms with Crippen molar-refractivity contribution in [3.63, 3.8) is 0 Å². The van der Waals surface area contributed by atoms with E-state index in [0.717, 1.165) is 15.8 Å². The molecule has 1 aliphatic rings. The Labute approximate surface area is 231 Å². The first kappa shape index (κ1) is 27.6. The second kappa shape index (κ2) is 12.8. The molecule has 4 rings (SSSR count). The molecule has 0 aliphatic carbocycles. The molecule has 0 bridgehead atoms. The predicted octanol–water partition coefficient (Wildman–Crippen LogP) is 3.68. The van der Waals surface area contributed by atoms with Crippen LogP contribution in [0.1, 0.15) is 40.7 Å². The molecule has 181 valence electrons. The number of benzene rings is 2. The van der Waals surface area contributed by atoms with Gasteiger partial charge in [0.25, 0.3) is 5.91 Å². The van der Waals surface area contributed by atoms with Crippen LogP contribution < -0.4 is 10.1 Å². The van der Waals surface area contributed by atoms with Crippen LogP contribution in [0.4, 0.5) is 5.13 Å². The summed E-state index contributed by atoms with van der Waals surface area (Å²) in [5.41, 5.74) is 3.27. The molecule has 1 radical (unpaired) electrons. The second-order valence-corrected chi connectivity index (χ2v) is 9.15. The summed E-state index contributed by atoms with van der Waals surface area (Å²) in [5.74, 6) is 0.575. The predicted molar refractivity (Wildman–Crippen MR) is 137 cm³/mol. The smallest absolute Gasteiger partial charge is 0.257 e. The van der Waals surface area contributed by atoms with E-state index in [0.29, 0.717) is 61.4 Å². The summed E-state index contributed by atoms with van der Waals surface area (Å²) in [6, 6.07) is 11.2. The summed E-state index contributed by atoms with van der Waals surface area (Å²) >= 11 is 1.42. The third-order valence-corrected chi connectivity index (χ3v) is 6.81. The van der Waals surface area contributed by atoms with Crippen molar-refractivity contribution in [3.8, 4) is 5.75 Å². The molecule has 1 aromatic heterocycles. The van der Waals surface area contributed by atoms with Gasteiger partial charge in [-0.2, -0.15) is 0 Å². The van der Waals surface area contributed by atoms with Crippen LogP contribution in [0.5, 0.6) is 5.75 Å². The van der Waals surface area contributed by atoms with Gasteiger partial charge >= 0.3 is 0 Å². The summed E-state index contributed by atoms with van der Waals surface area (Å²) < 4.78 is 17.8. The van der Waals surface area contributed by atoms with Crippen molar-refractivity contribution in [2.24, 2.45) is 0 Å². The third-order valence-electron chi connectivity index (χ3n) is 5.79. The van der Waals surface area contributed by atoms with Crippen molar-refractivity contribution in [2.75, 3.05) is 45.9 Å². The number of amides is 2. The first-order valence-corrected chi connectivity index (χ1v) is 12.1. The Morgan fingerprint density at radius 2 is 1.83 bits per heavy atom. The Bertz CT molecular complexity index is 1160. The molecule has 1 N–H and O–H groups in total. The van der Waals surface area contributed by atoms with E-state index in [4.69, 9.17) is 14.2 Å². The van der Waals surface area contributed by atoms with Gasteiger partial charge in [-0.05, 0) is 29.3 Å². The van der Waals surface area contributed by atoms with Crippen molar-refractivity contribution >= 4 is 68.1 Å². The quantitative estimate of drug-likeness (QED) is 0.492. The molecule has 8 nitrogen and oxygen atoms in total. The number of aromatic nitrogens is 1. The average Bonchev–Trinajstić information content (AvgIpc) is 3.08. The number of methoxy groups -OCH3 is 1. The Kier molecular flexibility index (Phi) is 10.1. The van der Waals surface area contributed by atoms with Gasteiger partial charge in [0.05, 0.1) is 38.2 Å². The van der Waals surface area contributed by atoms with Gasteiger partial charge in [0, 0.05) is 61.1 Å². The molecule has 2 amide bonds. The van der Waals surface area contributed by atoms with Gasteiger partial charge in [-0.25, -0.2) is 4.98 Å². The number of hydrogen-bond donors (Lipinski definition) is 1. The van der Waals surface area contributed by atoms with E-state index in [2.05, 4.69) is 10.3 Å². The zero-order valence-corrected chi connectivity index (χ0v) is 23.4. The van der Waals surface area contributed by atoms with Gasteiger partial charge in [0.1, 0.15) is 11.3 Å². The minimum Gasteiger partial charge on any atom is -0.494 e. The average molecular weight is 507 g/mol. The van der Waals surface area contributed by atoms with Gasteiger partial charge in [-0.1, -0.05) is 36.5 Å². The minimum atomic E-state index is -0.245. The monoisotopic (exact) mass is 506 g/mol. The summed E-state index contributed by atoms with van der Waals surface area (Å²) in [6.45, 7) is 4.67. The van der Waals surface area contributed by atoms with Crippen molar-refractivity contribution in [1.29, 1.82) is 0 Å². The van der Waals surface area contributed by atoms with Crippen LogP contribution in [-0.2, 0) is 20.8 Å². The topological polar surface area (TPSA) is 90.0 Å². The molecular weight excluding hydrogens is 477 g/mol. The van der Waals surface area contributed by atoms with E-state index in [1.165, 1.54) is 11.3 Å². The van der Waals surface area contributed by atoms with Crippen LogP contribution in [-0.4, -0.2) is 91.8 Å². The number of carbonyl (C=O) groups is 2. The standard InChI is InChI=1S/C25H29N3O5S.Na/c1-4-21(29)28(2)13-16-5-7-17(8-6-16)24(30)27-25-26-22-20(31-3)10-9-19(23(22)34-25)18-14-32-11-12-33-15-18;/h5-10,18H,4,11-15H2,1-3H3,(H,26,27,30);. The van der Waals surface area contributed by atoms with Crippen LogP contribution in [0.2, 0.25) is 0 Å². The fraction of sp³-hybridized carbons (Fsp3) is 0.400. The molecule has 2 aromatic carbocycles. The van der Waals surface area contributed by atoms with Gasteiger partial charge in [-0.3, -0.25) is 14.9 Å². The molecule has 10 heteroatoms. The Morgan fingerprint density at radius 1 is 1.14 bits per heavy atom. The number of thiazole rings is 1. The van der Waals surface area contributed by atoms with Crippen LogP contribution in [0.3, 0.4) is 0 Å². The maximum Gasteiger partial charge on any atom is 0.257 e. The van der Waals surface area contributed by atoms with E-state index in [1.807, 2.05) is 31.2 Å². The Hall–Kier alpha value is -2.01. The molecule has 0 saturated carbocycles. The maximum atomic E-state index is 12.9. The number of anilines is 1. The number of ether oxygens (including phenoxy) is 3. The van der Waals surface area contributed by atoms with E-state index in [1.54, 1.807) is 31.2 Å². The fourth-order valence-corrected chi connectivity index (χ4v) is 4.97. The van der Waals surface area contributed by atoms with Crippen LogP contribution in [0.25, 0.3) is 10.2 Å². The molecule has 35 heavy (non-hydrogen) atoms. The summed E-state index contributed by atoms with van der Waals surface area (Å²) in [6.07, 6.45) is 0.465. The van der Waals surface area contributed by atoms with Crippen LogP contribution >= 0.6 is 11.3 Å². The number of nitrogens with one attached hydrogen (secondary N) is 1. The van der Waals surface area contributed by atoms with Crippen molar-refractivity contribution in [3.05, 3.63) is 53.1 Å². The Balaban J connectivity index is 0.00000342. The van der Waals surface area contributed by atoms with Crippen molar-refractivity contribution in [1.82, 2.24) is 9.88 Å². The van der Waals surface area contributed by atoms with Gasteiger partial charge in [0.15, 0.2) is 5.13 Å². The van der Waals surface area contributed by atoms with E-state index in [9.17, 15) is 9.59 Å². The first-order chi connectivity index (χ1) is 16.5. The van der Waals surface area contributed by atoms with Crippen LogP contribution in [0.15, 0.2) is 36.4 Å². The van der Waals surface area contributed by atoms with Crippen molar-refractivity contribution in [2.45, 2.75) is 25.8 Å². The van der Waals surface area contributed by atoms with Crippen molar-refractivity contribution < 1.29 is 23.8 Å². The number of carbonyl (C=O) groups excluding carboxylic acids is 2.